The van der Waals surface area contributed by atoms with Crippen LogP contribution in [0, 0.1) is 25.5 Å². The quantitative estimate of drug-likeness (QED) is 0.278. The molecule has 35 heavy (non-hydrogen) atoms. The number of rotatable bonds is 5. The predicted octanol–water partition coefficient (Wildman–Crippen LogP) is 7.18. The lowest BCUT2D eigenvalue weighted by atomic mass is 9.97. The smallest absolute Gasteiger partial charge is 0.206 e. The molecule has 0 bridgehead atoms. The molecular weight excluding hydrogens is 462 g/mol. The number of H-pyrrole nitrogens is 1. The molecule has 1 aliphatic carbocycles. The van der Waals surface area contributed by atoms with Gasteiger partial charge >= 0.3 is 0 Å². The molecule has 0 saturated heterocycles. The Morgan fingerprint density at radius 1 is 0.971 bits per heavy atom. The molecule has 0 radical (unpaired) electrons. The molecule has 174 valence electrons. The van der Waals surface area contributed by atoms with Crippen LogP contribution in [0.4, 0.5) is 13.9 Å². The van der Waals surface area contributed by atoms with E-state index < -0.39 is 11.6 Å². The second-order valence-electron chi connectivity index (χ2n) is 8.84. The number of hydrogen-bond donors (Lipinski definition) is 2. The average Bonchev–Trinajstić information content (AvgIpc) is 3.56. The molecule has 5 aromatic rings. The monoisotopic (exact) mass is 484 g/mol. The van der Waals surface area contributed by atoms with E-state index in [1.807, 2.05) is 24.3 Å². The Balaban J connectivity index is 1.22. The van der Waals surface area contributed by atoms with Crippen molar-refractivity contribution < 1.29 is 8.78 Å². The lowest BCUT2D eigenvalue weighted by molar-refractivity contribution is 0.581. The molecule has 0 saturated carbocycles. The first-order valence-corrected chi connectivity index (χ1v) is 12.2. The third-order valence-corrected chi connectivity index (χ3v) is 7.57. The van der Waals surface area contributed by atoms with Crippen LogP contribution in [0.1, 0.15) is 33.5 Å². The van der Waals surface area contributed by atoms with Crippen molar-refractivity contribution in [3.8, 4) is 10.6 Å². The third kappa shape index (κ3) is 3.91. The first-order valence-electron chi connectivity index (χ1n) is 11.4. The summed E-state index contributed by atoms with van der Waals surface area (Å²) in [6, 6.07) is 16.2. The fraction of sp³-hybridized carbons (Fsp3) is 0.143. The molecule has 2 N–H and O–H groups in total. The van der Waals surface area contributed by atoms with Gasteiger partial charge in [0.05, 0.1) is 0 Å². The molecule has 0 aliphatic heterocycles. The first kappa shape index (κ1) is 21.7. The molecule has 2 heterocycles. The van der Waals surface area contributed by atoms with E-state index in [9.17, 15) is 8.78 Å². The summed E-state index contributed by atoms with van der Waals surface area (Å²) in [4.78, 5) is 3.40. The Labute approximate surface area is 205 Å². The molecular formula is C28H22F2N4S. The largest absolute Gasteiger partial charge is 0.358 e. The minimum atomic E-state index is -0.578. The molecule has 1 aliphatic rings. The lowest BCUT2D eigenvalue weighted by Gasteiger charge is -2.09. The van der Waals surface area contributed by atoms with E-state index in [1.165, 1.54) is 45.7 Å². The molecule has 0 fully saturated rings. The number of allylic oxidation sites excluding steroid dienone is 1. The second kappa shape index (κ2) is 8.43. The van der Waals surface area contributed by atoms with Gasteiger partial charge in [0.2, 0.25) is 5.13 Å². The Bertz CT molecular complexity index is 1630. The van der Waals surface area contributed by atoms with Gasteiger partial charge in [-0.15, -0.1) is 10.2 Å². The maximum Gasteiger partial charge on any atom is 0.206 e. The van der Waals surface area contributed by atoms with Gasteiger partial charge in [-0.1, -0.05) is 35.6 Å². The number of anilines is 1. The topological polar surface area (TPSA) is 53.6 Å². The van der Waals surface area contributed by atoms with E-state index in [2.05, 4.69) is 52.5 Å². The minimum absolute atomic E-state index is 0.409. The molecule has 0 amide bonds. The molecule has 0 spiro atoms. The molecule has 4 nitrogen and oxygen atoms in total. The standard InChI is InChI=1S/C28H22F2N4S/c1-15-16(2)32-26-10-3-17(11-23(15)26)14-31-28-34-33-27(35-28)19-5-4-18-6-8-21(24(18)12-19)22-9-7-20(29)13-25(22)30/h3-5,7-13,32H,6,14H2,1-2H3,(H,31,34). The van der Waals surface area contributed by atoms with Crippen molar-refractivity contribution in [2.45, 2.75) is 26.8 Å². The van der Waals surface area contributed by atoms with Gasteiger partial charge in [-0.25, -0.2) is 8.78 Å². The average molecular weight is 485 g/mol. The van der Waals surface area contributed by atoms with E-state index >= 15 is 0 Å². The summed E-state index contributed by atoms with van der Waals surface area (Å²) in [6.45, 7) is 4.86. The van der Waals surface area contributed by atoms with E-state index in [0.717, 1.165) is 50.4 Å². The van der Waals surface area contributed by atoms with Crippen LogP contribution in [-0.2, 0) is 13.0 Å². The SMILES string of the molecule is Cc1[nH]c2ccc(CNc3nnc(-c4ccc5c(c4)C(c4ccc(F)cc4F)=CC5)s3)cc2c1C. The highest BCUT2D eigenvalue weighted by Gasteiger charge is 2.20. The number of aryl methyl sites for hydroxylation is 2. The highest BCUT2D eigenvalue weighted by atomic mass is 32.1. The fourth-order valence-corrected chi connectivity index (χ4v) is 5.37. The van der Waals surface area contributed by atoms with Gasteiger partial charge in [0.15, 0.2) is 0 Å². The van der Waals surface area contributed by atoms with Crippen molar-refractivity contribution in [1.29, 1.82) is 0 Å². The van der Waals surface area contributed by atoms with Gasteiger partial charge in [-0.05, 0) is 78.4 Å². The Morgan fingerprint density at radius 3 is 2.71 bits per heavy atom. The van der Waals surface area contributed by atoms with E-state index in [1.54, 1.807) is 0 Å². The summed E-state index contributed by atoms with van der Waals surface area (Å²) in [5, 5.41) is 14.8. The third-order valence-electron chi connectivity index (χ3n) is 6.64. The van der Waals surface area contributed by atoms with E-state index in [0.29, 0.717) is 12.1 Å². The molecule has 0 unspecified atom stereocenters. The maximum absolute atomic E-state index is 14.4. The second-order valence-corrected chi connectivity index (χ2v) is 9.82. The van der Waals surface area contributed by atoms with E-state index in [4.69, 9.17) is 0 Å². The van der Waals surface area contributed by atoms with Crippen LogP contribution in [0.25, 0.3) is 27.0 Å². The highest BCUT2D eigenvalue weighted by Crippen LogP contribution is 2.37. The van der Waals surface area contributed by atoms with Gasteiger partial charge in [0.25, 0.3) is 0 Å². The van der Waals surface area contributed by atoms with Crippen LogP contribution < -0.4 is 5.32 Å². The molecule has 3 aromatic carbocycles. The van der Waals surface area contributed by atoms with Crippen LogP contribution in [0.3, 0.4) is 0 Å². The normalized spacial score (nSPS) is 12.7. The van der Waals surface area contributed by atoms with Crippen LogP contribution >= 0.6 is 11.3 Å². The molecule has 7 heteroatoms. The van der Waals surface area contributed by atoms with Crippen LogP contribution in [0.2, 0.25) is 0 Å². The van der Waals surface area contributed by atoms with Crippen LogP contribution in [0.5, 0.6) is 0 Å². The minimum Gasteiger partial charge on any atom is -0.358 e. The fourth-order valence-electron chi connectivity index (χ4n) is 4.63. The van der Waals surface area contributed by atoms with Crippen molar-refractivity contribution in [2.75, 3.05) is 5.32 Å². The predicted molar refractivity (Wildman–Crippen MR) is 138 cm³/mol. The number of benzene rings is 3. The molecule has 6 rings (SSSR count). The number of hydrogen-bond acceptors (Lipinski definition) is 4. The summed E-state index contributed by atoms with van der Waals surface area (Å²) >= 11 is 1.48. The Hall–Kier alpha value is -3.84. The van der Waals surface area contributed by atoms with Crippen molar-refractivity contribution in [3.63, 3.8) is 0 Å². The van der Waals surface area contributed by atoms with Crippen LogP contribution in [0.15, 0.2) is 60.7 Å². The summed E-state index contributed by atoms with van der Waals surface area (Å²) in [5.41, 5.74) is 8.95. The van der Waals surface area contributed by atoms with Gasteiger partial charge < -0.3 is 10.3 Å². The Morgan fingerprint density at radius 2 is 1.86 bits per heavy atom. The van der Waals surface area contributed by atoms with Crippen molar-refractivity contribution in [3.05, 3.63) is 106 Å². The zero-order valence-corrected chi connectivity index (χ0v) is 20.1. The molecule has 0 atom stereocenters. The summed E-state index contributed by atoms with van der Waals surface area (Å²) in [7, 11) is 0. The summed E-state index contributed by atoms with van der Waals surface area (Å²) in [6.07, 6.45) is 2.71. The van der Waals surface area contributed by atoms with Gasteiger partial charge in [-0.2, -0.15) is 0 Å². The lowest BCUT2D eigenvalue weighted by Crippen LogP contribution is -1.98. The van der Waals surface area contributed by atoms with Gasteiger partial charge in [-0.3, -0.25) is 0 Å². The number of aromatic amines is 1. The van der Waals surface area contributed by atoms with Crippen LogP contribution in [-0.4, -0.2) is 15.2 Å². The zero-order chi connectivity index (χ0) is 24.1. The number of nitrogens with zero attached hydrogens (tertiary/aromatic N) is 2. The Kier molecular flexibility index (Phi) is 5.22. The van der Waals surface area contributed by atoms with Gasteiger partial charge in [0, 0.05) is 40.3 Å². The van der Waals surface area contributed by atoms with E-state index in [-0.39, 0.29) is 0 Å². The van der Waals surface area contributed by atoms with Crippen molar-refractivity contribution >= 4 is 32.9 Å². The number of halogens is 2. The summed E-state index contributed by atoms with van der Waals surface area (Å²) < 4.78 is 27.8. The summed E-state index contributed by atoms with van der Waals surface area (Å²) in [5.74, 6) is -1.13. The first-order chi connectivity index (χ1) is 17.0. The van der Waals surface area contributed by atoms with Crippen molar-refractivity contribution in [1.82, 2.24) is 15.2 Å². The molecule has 2 aromatic heterocycles. The zero-order valence-electron chi connectivity index (χ0n) is 19.2. The highest BCUT2D eigenvalue weighted by molar-refractivity contribution is 7.18. The number of nitrogens with one attached hydrogen (secondary N) is 2. The maximum atomic E-state index is 14.4. The number of fused-ring (bicyclic) bond motifs is 2. The number of aromatic nitrogens is 3. The van der Waals surface area contributed by atoms with Gasteiger partial charge in [0.1, 0.15) is 16.6 Å². The van der Waals surface area contributed by atoms with Crippen molar-refractivity contribution in [2.24, 2.45) is 0 Å².